The molecule has 20 heavy (non-hydrogen) atoms. The quantitative estimate of drug-likeness (QED) is 0.697. The average Bonchev–Trinajstić information content (AvgIpc) is 2.89. The maximum Gasteiger partial charge on any atom is 0.176 e. The molecule has 1 heterocycles. The lowest BCUT2D eigenvalue weighted by atomic mass is 10.1. The van der Waals surface area contributed by atoms with Crippen molar-refractivity contribution in [3.8, 4) is 11.4 Å². The molecule has 1 aromatic heterocycles. The Morgan fingerprint density at radius 1 is 1.15 bits per heavy atom. The van der Waals surface area contributed by atoms with Crippen molar-refractivity contribution in [1.82, 2.24) is 15.0 Å². The molecule has 2 aromatic carbocycles. The van der Waals surface area contributed by atoms with Gasteiger partial charge in [0.05, 0.1) is 6.54 Å². The highest BCUT2D eigenvalue weighted by Crippen LogP contribution is 2.23. The Bertz CT molecular complexity index is 762. The first-order valence-corrected chi connectivity index (χ1v) is 6.08. The molecule has 3 aromatic rings. The molecule has 0 saturated heterocycles. The molecule has 0 saturated carbocycles. The van der Waals surface area contributed by atoms with Crippen LogP contribution in [0.2, 0.25) is 0 Å². The van der Waals surface area contributed by atoms with Gasteiger partial charge in [-0.25, -0.2) is 0 Å². The van der Waals surface area contributed by atoms with Crippen molar-refractivity contribution < 1.29 is 9.90 Å². The summed E-state index contributed by atoms with van der Waals surface area (Å²) in [5.41, 5.74) is 7.53. The highest BCUT2D eigenvalue weighted by Gasteiger charge is 2.11. The van der Waals surface area contributed by atoms with Crippen molar-refractivity contribution in [1.29, 1.82) is 0 Å². The standard InChI is InChI=1S/C14H12N4O2/c15-8-14(20)9-5-6-12(13(19)7-9)18-16-10-3-1-2-4-11(10)17-18/h1-7,19H,8,15H2. The highest BCUT2D eigenvalue weighted by atomic mass is 16.3. The zero-order valence-corrected chi connectivity index (χ0v) is 10.5. The topological polar surface area (TPSA) is 94.0 Å². The van der Waals surface area contributed by atoms with E-state index in [2.05, 4.69) is 10.2 Å². The van der Waals surface area contributed by atoms with Crippen LogP contribution in [0, 0.1) is 0 Å². The van der Waals surface area contributed by atoms with Crippen LogP contribution in [0.15, 0.2) is 42.5 Å². The third kappa shape index (κ3) is 2.02. The molecule has 0 aliphatic carbocycles. The van der Waals surface area contributed by atoms with Gasteiger partial charge in [-0.05, 0) is 30.3 Å². The van der Waals surface area contributed by atoms with Gasteiger partial charge in [-0.1, -0.05) is 12.1 Å². The Morgan fingerprint density at radius 2 is 1.80 bits per heavy atom. The molecule has 100 valence electrons. The monoisotopic (exact) mass is 268 g/mol. The number of aromatic nitrogens is 3. The number of hydrogen-bond donors (Lipinski definition) is 2. The number of nitrogens with two attached hydrogens (primary N) is 1. The number of fused-ring (bicyclic) bond motifs is 1. The Labute approximate surface area is 114 Å². The number of phenolic OH excluding ortho intramolecular Hbond substituents is 1. The van der Waals surface area contributed by atoms with Gasteiger partial charge in [-0.15, -0.1) is 15.0 Å². The number of phenols is 1. The van der Waals surface area contributed by atoms with Crippen LogP contribution < -0.4 is 5.73 Å². The molecule has 0 aliphatic heterocycles. The van der Waals surface area contributed by atoms with E-state index in [0.717, 1.165) is 11.0 Å². The van der Waals surface area contributed by atoms with E-state index < -0.39 is 0 Å². The largest absolute Gasteiger partial charge is 0.506 e. The summed E-state index contributed by atoms with van der Waals surface area (Å²) in [6, 6.07) is 12.0. The number of rotatable bonds is 3. The van der Waals surface area contributed by atoms with Crippen molar-refractivity contribution in [2.75, 3.05) is 6.54 Å². The first-order valence-electron chi connectivity index (χ1n) is 6.08. The molecule has 0 spiro atoms. The summed E-state index contributed by atoms with van der Waals surface area (Å²) in [6.45, 7) is -0.0946. The lowest BCUT2D eigenvalue weighted by molar-refractivity contribution is 0.100. The van der Waals surface area contributed by atoms with Crippen LogP contribution in [0.4, 0.5) is 0 Å². The smallest absolute Gasteiger partial charge is 0.176 e. The molecule has 0 bridgehead atoms. The maximum absolute atomic E-state index is 11.5. The van der Waals surface area contributed by atoms with E-state index in [9.17, 15) is 9.90 Å². The second kappa shape index (κ2) is 4.75. The van der Waals surface area contributed by atoms with E-state index in [1.165, 1.54) is 10.9 Å². The van der Waals surface area contributed by atoms with Gasteiger partial charge in [0, 0.05) is 5.56 Å². The molecular weight excluding hydrogens is 256 g/mol. The SMILES string of the molecule is NCC(=O)c1ccc(-n2nc3ccccc3n2)c(O)c1. The van der Waals surface area contributed by atoms with E-state index >= 15 is 0 Å². The second-order valence-electron chi connectivity index (χ2n) is 4.31. The fraction of sp³-hybridized carbons (Fsp3) is 0.0714. The summed E-state index contributed by atoms with van der Waals surface area (Å²) < 4.78 is 0. The fourth-order valence-corrected chi connectivity index (χ4v) is 1.95. The first-order chi connectivity index (χ1) is 9.69. The summed E-state index contributed by atoms with van der Waals surface area (Å²) in [6.07, 6.45) is 0. The fourth-order valence-electron chi connectivity index (χ4n) is 1.95. The van der Waals surface area contributed by atoms with Gasteiger partial charge in [0.1, 0.15) is 22.5 Å². The van der Waals surface area contributed by atoms with E-state index in [4.69, 9.17) is 5.73 Å². The van der Waals surface area contributed by atoms with Crippen LogP contribution in [0.1, 0.15) is 10.4 Å². The van der Waals surface area contributed by atoms with Gasteiger partial charge in [0.25, 0.3) is 0 Å². The minimum atomic E-state index is -0.231. The summed E-state index contributed by atoms with van der Waals surface area (Å²) in [7, 11) is 0. The number of benzene rings is 2. The lowest BCUT2D eigenvalue weighted by Crippen LogP contribution is -2.13. The first kappa shape index (κ1) is 12.3. The number of ketones is 1. The maximum atomic E-state index is 11.5. The van der Waals surface area contributed by atoms with Crippen LogP contribution in [-0.2, 0) is 0 Å². The van der Waals surface area contributed by atoms with Crippen LogP contribution in [0.3, 0.4) is 0 Å². The molecule has 6 nitrogen and oxygen atoms in total. The molecule has 0 atom stereocenters. The van der Waals surface area contributed by atoms with Crippen LogP contribution in [-0.4, -0.2) is 32.4 Å². The van der Waals surface area contributed by atoms with E-state index in [0.29, 0.717) is 11.3 Å². The normalized spacial score (nSPS) is 10.8. The number of carbonyl (C=O) groups is 1. The van der Waals surface area contributed by atoms with Gasteiger partial charge < -0.3 is 10.8 Å². The summed E-state index contributed by atoms with van der Waals surface area (Å²) in [5, 5.41) is 18.6. The summed E-state index contributed by atoms with van der Waals surface area (Å²) >= 11 is 0. The molecule has 0 amide bonds. The molecule has 0 aliphatic rings. The van der Waals surface area contributed by atoms with Gasteiger partial charge in [-0.2, -0.15) is 0 Å². The van der Waals surface area contributed by atoms with Gasteiger partial charge in [-0.3, -0.25) is 4.79 Å². The number of aromatic hydroxyl groups is 1. The van der Waals surface area contributed by atoms with Crippen LogP contribution >= 0.6 is 0 Å². The number of nitrogens with zero attached hydrogens (tertiary/aromatic N) is 3. The molecule has 3 N–H and O–H groups in total. The van der Waals surface area contributed by atoms with Gasteiger partial charge in [0.15, 0.2) is 5.78 Å². The van der Waals surface area contributed by atoms with Crippen LogP contribution in [0.5, 0.6) is 5.75 Å². The summed E-state index contributed by atoms with van der Waals surface area (Å²) in [5.74, 6) is -0.296. The van der Waals surface area contributed by atoms with Gasteiger partial charge >= 0.3 is 0 Å². The Balaban J connectivity index is 2.07. The lowest BCUT2D eigenvalue weighted by Gasteiger charge is -2.04. The molecular formula is C14H12N4O2. The number of carbonyl (C=O) groups excluding carboxylic acids is 1. The Morgan fingerprint density at radius 3 is 2.35 bits per heavy atom. The third-order valence-corrected chi connectivity index (χ3v) is 2.98. The highest BCUT2D eigenvalue weighted by molar-refractivity contribution is 5.98. The van der Waals surface area contributed by atoms with E-state index in [1.54, 1.807) is 12.1 Å². The number of hydrogen-bond acceptors (Lipinski definition) is 5. The van der Waals surface area contributed by atoms with Crippen molar-refractivity contribution in [2.24, 2.45) is 5.73 Å². The van der Waals surface area contributed by atoms with Gasteiger partial charge in [0.2, 0.25) is 0 Å². The molecule has 0 fully saturated rings. The number of Topliss-reactive ketones (excluding diaryl/α,β-unsaturated/α-hetero) is 1. The van der Waals surface area contributed by atoms with Crippen molar-refractivity contribution in [2.45, 2.75) is 0 Å². The second-order valence-corrected chi connectivity index (χ2v) is 4.31. The predicted molar refractivity (Wildman–Crippen MR) is 73.9 cm³/mol. The Kier molecular flexibility index (Phi) is 2.92. The zero-order chi connectivity index (χ0) is 14.1. The molecule has 0 radical (unpaired) electrons. The van der Waals surface area contributed by atoms with Crippen LogP contribution in [0.25, 0.3) is 16.7 Å². The van der Waals surface area contributed by atoms with E-state index in [1.807, 2.05) is 24.3 Å². The van der Waals surface area contributed by atoms with E-state index in [-0.39, 0.29) is 18.1 Å². The molecule has 3 rings (SSSR count). The molecule has 6 heteroatoms. The minimum absolute atomic E-state index is 0.0652. The molecule has 0 unspecified atom stereocenters. The average molecular weight is 268 g/mol. The Hall–Kier alpha value is -2.73. The zero-order valence-electron chi connectivity index (χ0n) is 10.5. The van der Waals surface area contributed by atoms with Crippen molar-refractivity contribution >= 4 is 16.8 Å². The van der Waals surface area contributed by atoms with Crippen molar-refractivity contribution in [3.63, 3.8) is 0 Å². The predicted octanol–water partition coefficient (Wildman–Crippen LogP) is 1.27. The third-order valence-electron chi connectivity index (χ3n) is 2.98. The minimum Gasteiger partial charge on any atom is -0.506 e. The van der Waals surface area contributed by atoms with Crippen molar-refractivity contribution in [3.05, 3.63) is 48.0 Å². The summed E-state index contributed by atoms with van der Waals surface area (Å²) in [4.78, 5) is 12.8.